The molecule has 182 valence electrons. The Kier molecular flexibility index (Phi) is 7.73. The van der Waals surface area contributed by atoms with Crippen molar-refractivity contribution in [3.63, 3.8) is 0 Å². The summed E-state index contributed by atoms with van der Waals surface area (Å²) in [5, 5.41) is 3.08. The van der Waals surface area contributed by atoms with Crippen molar-refractivity contribution in [2.75, 3.05) is 38.8 Å². The van der Waals surface area contributed by atoms with E-state index in [-0.39, 0.29) is 24.2 Å². The van der Waals surface area contributed by atoms with E-state index in [0.717, 1.165) is 31.1 Å². The van der Waals surface area contributed by atoms with Crippen molar-refractivity contribution >= 4 is 17.5 Å². The molecule has 0 spiro atoms. The minimum absolute atomic E-state index is 0.0630. The van der Waals surface area contributed by atoms with E-state index in [2.05, 4.69) is 35.3 Å². The highest BCUT2D eigenvalue weighted by Crippen LogP contribution is 2.34. The van der Waals surface area contributed by atoms with Gasteiger partial charge in [0.25, 0.3) is 0 Å². The third-order valence-corrected chi connectivity index (χ3v) is 6.88. The number of ether oxygens (including phenoxy) is 2. The van der Waals surface area contributed by atoms with E-state index >= 15 is 0 Å². The van der Waals surface area contributed by atoms with Crippen molar-refractivity contribution in [2.45, 2.75) is 39.3 Å². The van der Waals surface area contributed by atoms with Crippen molar-refractivity contribution in [1.29, 1.82) is 0 Å². The molecule has 0 radical (unpaired) electrons. The Bertz CT molecular complexity index is 1020. The second kappa shape index (κ2) is 10.9. The summed E-state index contributed by atoms with van der Waals surface area (Å²) in [7, 11) is 3.14. The monoisotopic (exact) mass is 465 g/mol. The molecule has 2 fully saturated rings. The molecule has 2 atom stereocenters. The number of nitrogens with one attached hydrogen (secondary N) is 1. The first kappa shape index (κ1) is 24.1. The molecule has 0 aliphatic carbocycles. The molecule has 2 amide bonds. The second-order valence-electron chi connectivity index (χ2n) is 9.41. The number of methoxy groups -OCH3 is 2. The fourth-order valence-corrected chi connectivity index (χ4v) is 5.01. The molecule has 2 aromatic rings. The van der Waals surface area contributed by atoms with E-state index < -0.39 is 0 Å². The zero-order chi connectivity index (χ0) is 24.1. The summed E-state index contributed by atoms with van der Waals surface area (Å²) in [6.45, 7) is 6.29. The average molecular weight is 466 g/mol. The maximum Gasteiger partial charge on any atom is 0.227 e. The first-order chi connectivity index (χ1) is 16.5. The number of hydrogen-bond donors (Lipinski definition) is 1. The number of carbonyl (C=O) groups excluding carboxylic acids is 2. The van der Waals surface area contributed by atoms with Crippen LogP contribution in [0.5, 0.6) is 11.5 Å². The number of piperidine rings is 1. The average Bonchev–Trinajstić information content (AvgIpc) is 3.24. The highest BCUT2D eigenvalue weighted by Gasteiger charge is 2.35. The van der Waals surface area contributed by atoms with Crippen molar-refractivity contribution in [1.82, 2.24) is 10.2 Å². The third kappa shape index (κ3) is 5.53. The molecule has 4 rings (SSSR count). The summed E-state index contributed by atoms with van der Waals surface area (Å²) >= 11 is 0. The number of nitrogens with zero attached hydrogens (tertiary/aromatic N) is 2. The van der Waals surface area contributed by atoms with Gasteiger partial charge < -0.3 is 19.7 Å². The van der Waals surface area contributed by atoms with Crippen LogP contribution < -0.4 is 19.7 Å². The predicted molar refractivity (Wildman–Crippen MR) is 132 cm³/mol. The lowest BCUT2D eigenvalue weighted by atomic mass is 9.99. The minimum atomic E-state index is -0.379. The van der Waals surface area contributed by atoms with Crippen LogP contribution in [0.1, 0.15) is 37.3 Å². The summed E-state index contributed by atoms with van der Waals surface area (Å²) in [6.07, 6.45) is 2.74. The number of benzene rings is 2. The summed E-state index contributed by atoms with van der Waals surface area (Å²) in [6, 6.07) is 13.7. The van der Waals surface area contributed by atoms with Crippen LogP contribution in [0.2, 0.25) is 0 Å². The Morgan fingerprint density at radius 2 is 1.82 bits per heavy atom. The van der Waals surface area contributed by atoms with Crippen LogP contribution in [0.3, 0.4) is 0 Å². The zero-order valence-electron chi connectivity index (χ0n) is 20.4. The predicted octanol–water partition coefficient (Wildman–Crippen LogP) is 3.61. The van der Waals surface area contributed by atoms with Crippen LogP contribution in [0.25, 0.3) is 0 Å². The molecule has 0 saturated carbocycles. The van der Waals surface area contributed by atoms with Gasteiger partial charge in [-0.2, -0.15) is 0 Å². The van der Waals surface area contributed by atoms with Crippen molar-refractivity contribution in [3.8, 4) is 11.5 Å². The van der Waals surface area contributed by atoms with Gasteiger partial charge in [-0.25, -0.2) is 0 Å². The number of rotatable bonds is 8. The van der Waals surface area contributed by atoms with E-state index in [1.807, 2.05) is 12.1 Å². The molecule has 7 nitrogen and oxygen atoms in total. The summed E-state index contributed by atoms with van der Waals surface area (Å²) in [5.74, 6) is 1.36. The number of amides is 2. The van der Waals surface area contributed by atoms with Gasteiger partial charge in [-0.05, 0) is 48.6 Å². The molecular weight excluding hydrogens is 430 g/mol. The van der Waals surface area contributed by atoms with Gasteiger partial charge in [-0.15, -0.1) is 0 Å². The standard InChI is InChI=1S/C27H35N3O4/c1-19-7-6-12-29(16-19)17-21-9-5-4-8-20(21)15-28-27(32)22-13-26(31)30(18-22)23-10-11-24(33-2)25(14-23)34-3/h4-5,8-11,14,19,22H,6-7,12-13,15-18H2,1-3H3,(H,28,32). The maximum absolute atomic E-state index is 13.0. The Balaban J connectivity index is 1.37. The molecule has 2 heterocycles. The highest BCUT2D eigenvalue weighted by molar-refractivity contribution is 6.00. The van der Waals surface area contributed by atoms with E-state index in [1.165, 1.54) is 18.4 Å². The van der Waals surface area contributed by atoms with Crippen LogP contribution in [0.4, 0.5) is 5.69 Å². The van der Waals surface area contributed by atoms with Crippen LogP contribution in [0, 0.1) is 11.8 Å². The first-order valence-electron chi connectivity index (χ1n) is 12.1. The molecule has 1 N–H and O–H groups in total. The van der Waals surface area contributed by atoms with Crippen LogP contribution in [0.15, 0.2) is 42.5 Å². The summed E-state index contributed by atoms with van der Waals surface area (Å²) in [5.41, 5.74) is 3.10. The number of likely N-dealkylation sites (tertiary alicyclic amines) is 1. The van der Waals surface area contributed by atoms with E-state index in [9.17, 15) is 9.59 Å². The van der Waals surface area contributed by atoms with E-state index in [4.69, 9.17) is 9.47 Å². The van der Waals surface area contributed by atoms with Crippen LogP contribution >= 0.6 is 0 Å². The quantitative estimate of drug-likeness (QED) is 0.645. The molecule has 2 aromatic carbocycles. The van der Waals surface area contributed by atoms with E-state index in [1.54, 1.807) is 31.3 Å². The lowest BCUT2D eigenvalue weighted by molar-refractivity contribution is -0.126. The molecule has 2 saturated heterocycles. The molecule has 2 unspecified atom stereocenters. The summed E-state index contributed by atoms with van der Waals surface area (Å²) < 4.78 is 10.6. The molecular formula is C27H35N3O4. The van der Waals surface area contributed by atoms with E-state index in [0.29, 0.717) is 30.3 Å². The minimum Gasteiger partial charge on any atom is -0.493 e. The molecule has 2 aliphatic heterocycles. The van der Waals surface area contributed by atoms with Crippen molar-refractivity contribution < 1.29 is 19.1 Å². The number of carbonyl (C=O) groups is 2. The van der Waals surface area contributed by atoms with Crippen LogP contribution in [-0.4, -0.2) is 50.6 Å². The topological polar surface area (TPSA) is 71.1 Å². The van der Waals surface area contributed by atoms with Gasteiger partial charge in [-0.3, -0.25) is 14.5 Å². The van der Waals surface area contributed by atoms with Crippen molar-refractivity contribution in [2.24, 2.45) is 11.8 Å². The summed E-state index contributed by atoms with van der Waals surface area (Å²) in [4.78, 5) is 29.8. The second-order valence-corrected chi connectivity index (χ2v) is 9.41. The molecule has 7 heteroatoms. The Morgan fingerprint density at radius 3 is 2.56 bits per heavy atom. The molecule has 0 aromatic heterocycles. The largest absolute Gasteiger partial charge is 0.493 e. The third-order valence-electron chi connectivity index (χ3n) is 6.88. The molecule has 0 bridgehead atoms. The van der Waals surface area contributed by atoms with Gasteiger partial charge in [0.05, 0.1) is 20.1 Å². The fraction of sp³-hybridized carbons (Fsp3) is 0.481. The molecule has 2 aliphatic rings. The smallest absolute Gasteiger partial charge is 0.227 e. The highest BCUT2D eigenvalue weighted by atomic mass is 16.5. The van der Waals surface area contributed by atoms with Gasteiger partial charge in [0.15, 0.2) is 11.5 Å². The number of anilines is 1. The van der Waals surface area contributed by atoms with Gasteiger partial charge in [0, 0.05) is 44.4 Å². The maximum atomic E-state index is 13.0. The van der Waals surface area contributed by atoms with Gasteiger partial charge >= 0.3 is 0 Å². The SMILES string of the molecule is COc1ccc(N2CC(C(=O)NCc3ccccc3CN3CCCC(C)C3)CC2=O)cc1OC. The zero-order valence-corrected chi connectivity index (χ0v) is 20.4. The fourth-order valence-electron chi connectivity index (χ4n) is 5.01. The molecule has 34 heavy (non-hydrogen) atoms. The lowest BCUT2D eigenvalue weighted by Crippen LogP contribution is -2.35. The van der Waals surface area contributed by atoms with Gasteiger partial charge in [0.2, 0.25) is 11.8 Å². The first-order valence-corrected chi connectivity index (χ1v) is 12.1. The number of hydrogen-bond acceptors (Lipinski definition) is 5. The Morgan fingerprint density at radius 1 is 1.06 bits per heavy atom. The van der Waals surface area contributed by atoms with Crippen LogP contribution in [-0.2, 0) is 22.7 Å². The Hall–Kier alpha value is -3.06. The van der Waals surface area contributed by atoms with Gasteiger partial charge in [-0.1, -0.05) is 31.2 Å². The normalized spacial score (nSPS) is 20.9. The Labute approximate surface area is 202 Å². The van der Waals surface area contributed by atoms with Crippen molar-refractivity contribution in [3.05, 3.63) is 53.6 Å². The lowest BCUT2D eigenvalue weighted by Gasteiger charge is -2.31. The van der Waals surface area contributed by atoms with Gasteiger partial charge in [0.1, 0.15) is 0 Å².